The van der Waals surface area contributed by atoms with Crippen molar-refractivity contribution < 1.29 is 9.59 Å². The van der Waals surface area contributed by atoms with Crippen molar-refractivity contribution in [3.8, 4) is 6.07 Å². The molecule has 0 saturated heterocycles. The van der Waals surface area contributed by atoms with E-state index in [9.17, 15) is 9.59 Å². The molecule has 2 heterocycles. The van der Waals surface area contributed by atoms with E-state index in [1.165, 1.54) is 22.7 Å². The number of benzene rings is 2. The van der Waals surface area contributed by atoms with Crippen molar-refractivity contribution in [3.05, 3.63) is 92.8 Å². The van der Waals surface area contributed by atoms with Crippen LogP contribution in [0.15, 0.2) is 77.5 Å². The molecule has 2 aromatic heterocycles. The van der Waals surface area contributed by atoms with E-state index in [0.717, 1.165) is 5.69 Å². The summed E-state index contributed by atoms with van der Waals surface area (Å²) in [5.41, 5.74) is 9.07. The predicted octanol–water partition coefficient (Wildman–Crippen LogP) is 5.62. The molecule has 4 rings (SSSR count). The van der Waals surface area contributed by atoms with Crippen molar-refractivity contribution in [2.75, 3.05) is 21.5 Å². The fourth-order valence-electron chi connectivity index (χ4n) is 2.79. The van der Waals surface area contributed by atoms with Gasteiger partial charge in [0.25, 0.3) is 11.8 Å². The molecule has 4 aromatic rings. The van der Waals surface area contributed by atoms with Crippen LogP contribution in [0.5, 0.6) is 0 Å². The quantitative estimate of drug-likeness (QED) is 0.268. The Balaban J connectivity index is 1.55. The van der Waals surface area contributed by atoms with Gasteiger partial charge >= 0.3 is 0 Å². The minimum atomic E-state index is -0.247. The highest BCUT2D eigenvalue weighted by Crippen LogP contribution is 2.28. The highest BCUT2D eigenvalue weighted by Gasteiger charge is 2.13. The third kappa shape index (κ3) is 5.13. The molecule has 0 saturated carbocycles. The molecule has 0 fully saturated rings. The first-order valence-corrected chi connectivity index (χ1v) is 11.2. The zero-order chi connectivity index (χ0) is 22.3. The molecule has 2 aromatic carbocycles. The normalized spacial score (nSPS) is 10.1. The minimum absolute atomic E-state index is 0.216. The third-order valence-electron chi connectivity index (χ3n) is 4.37. The number of thiophene rings is 2. The number of carbonyl (C=O) groups excluding carboxylic acids is 2. The number of anilines is 4. The van der Waals surface area contributed by atoms with Crippen LogP contribution < -0.4 is 21.5 Å². The van der Waals surface area contributed by atoms with Gasteiger partial charge in [-0.3, -0.25) is 15.0 Å². The molecule has 0 radical (unpaired) electrons. The van der Waals surface area contributed by atoms with E-state index in [1.807, 2.05) is 22.9 Å². The van der Waals surface area contributed by atoms with Crippen molar-refractivity contribution in [2.24, 2.45) is 0 Å². The Hall–Kier alpha value is -4.13. The molecule has 158 valence electrons. The summed E-state index contributed by atoms with van der Waals surface area (Å²) in [6.45, 7) is 0. The van der Waals surface area contributed by atoms with Gasteiger partial charge in [-0.15, -0.1) is 22.7 Å². The van der Waals surface area contributed by atoms with Crippen LogP contribution in [0.25, 0.3) is 0 Å². The smallest absolute Gasteiger partial charge is 0.265 e. The van der Waals surface area contributed by atoms with Crippen molar-refractivity contribution in [1.82, 2.24) is 0 Å². The van der Waals surface area contributed by atoms with Gasteiger partial charge in [0.2, 0.25) is 0 Å². The molecule has 0 aliphatic heterocycles. The van der Waals surface area contributed by atoms with E-state index in [1.54, 1.807) is 54.6 Å². The lowest BCUT2D eigenvalue weighted by Gasteiger charge is -2.16. The standard InChI is InChI=1S/C23H17N5O2S2/c24-14-15-5-7-16(8-6-15)27-28-18-10-9-17(25-22(29)20-3-1-11-31-20)13-19(18)26-23(30)21-4-2-12-32-21/h1-13,27-28H,(H,25,29)(H,26,30). The average molecular weight is 460 g/mol. The Morgan fingerprint density at radius 1 is 0.719 bits per heavy atom. The summed E-state index contributed by atoms with van der Waals surface area (Å²) in [7, 11) is 0. The van der Waals surface area contributed by atoms with Gasteiger partial charge in [-0.1, -0.05) is 12.1 Å². The molecule has 0 aliphatic carbocycles. The third-order valence-corrected chi connectivity index (χ3v) is 6.11. The summed E-state index contributed by atoms with van der Waals surface area (Å²) >= 11 is 2.69. The van der Waals surface area contributed by atoms with Gasteiger partial charge in [-0.25, -0.2) is 0 Å². The average Bonchev–Trinajstić information content (AvgIpc) is 3.53. The largest absolute Gasteiger partial charge is 0.321 e. The van der Waals surface area contributed by atoms with Gasteiger partial charge in [0, 0.05) is 5.69 Å². The highest BCUT2D eigenvalue weighted by molar-refractivity contribution is 7.12. The van der Waals surface area contributed by atoms with E-state index < -0.39 is 0 Å². The summed E-state index contributed by atoms with van der Waals surface area (Å²) in [6.07, 6.45) is 0. The van der Waals surface area contributed by atoms with Crippen molar-refractivity contribution in [2.45, 2.75) is 0 Å². The molecule has 0 bridgehead atoms. The second-order valence-corrected chi connectivity index (χ2v) is 8.46. The van der Waals surface area contributed by atoms with Gasteiger partial charge in [0.15, 0.2) is 0 Å². The van der Waals surface area contributed by atoms with Crippen molar-refractivity contribution >= 4 is 57.2 Å². The maximum absolute atomic E-state index is 12.6. The van der Waals surface area contributed by atoms with Crippen LogP contribution >= 0.6 is 22.7 Å². The second kappa shape index (κ2) is 9.78. The molecular formula is C23H17N5O2S2. The Labute approximate surface area is 192 Å². The van der Waals surface area contributed by atoms with E-state index in [2.05, 4.69) is 27.6 Å². The molecule has 2 amide bonds. The number of hydrazine groups is 1. The molecule has 0 atom stereocenters. The van der Waals surface area contributed by atoms with Crippen LogP contribution in [-0.2, 0) is 0 Å². The Morgan fingerprint density at radius 3 is 1.94 bits per heavy atom. The van der Waals surface area contributed by atoms with Crippen molar-refractivity contribution in [1.29, 1.82) is 5.26 Å². The fraction of sp³-hybridized carbons (Fsp3) is 0. The lowest BCUT2D eigenvalue weighted by atomic mass is 10.2. The van der Waals surface area contributed by atoms with Crippen LogP contribution in [0.2, 0.25) is 0 Å². The van der Waals surface area contributed by atoms with Crippen LogP contribution in [0.3, 0.4) is 0 Å². The number of nitrogens with one attached hydrogen (secondary N) is 4. The maximum atomic E-state index is 12.6. The first-order valence-electron chi connectivity index (χ1n) is 9.48. The molecule has 4 N–H and O–H groups in total. The number of nitriles is 1. The first kappa shape index (κ1) is 21.1. The Kier molecular flexibility index (Phi) is 6.46. The molecule has 0 aliphatic rings. The SMILES string of the molecule is N#Cc1ccc(NNc2ccc(NC(=O)c3cccs3)cc2NC(=O)c2cccs2)cc1. The fourth-order valence-corrected chi connectivity index (χ4v) is 4.03. The van der Waals surface area contributed by atoms with Gasteiger partial charge < -0.3 is 16.1 Å². The molecule has 0 unspecified atom stereocenters. The molecule has 32 heavy (non-hydrogen) atoms. The van der Waals surface area contributed by atoms with Crippen LogP contribution in [0, 0.1) is 11.3 Å². The van der Waals surface area contributed by atoms with E-state index >= 15 is 0 Å². The molecule has 7 nitrogen and oxygen atoms in total. The highest BCUT2D eigenvalue weighted by atomic mass is 32.1. The van der Waals surface area contributed by atoms with Gasteiger partial charge in [0.05, 0.1) is 38.4 Å². The molecular weight excluding hydrogens is 442 g/mol. The molecule has 9 heteroatoms. The minimum Gasteiger partial charge on any atom is -0.321 e. The first-order chi connectivity index (χ1) is 15.6. The van der Waals surface area contributed by atoms with Crippen molar-refractivity contribution in [3.63, 3.8) is 0 Å². The molecule has 0 spiro atoms. The summed E-state index contributed by atoms with van der Waals surface area (Å²) < 4.78 is 0. The van der Waals surface area contributed by atoms with E-state index in [0.29, 0.717) is 32.4 Å². The maximum Gasteiger partial charge on any atom is 0.265 e. The van der Waals surface area contributed by atoms with E-state index in [-0.39, 0.29) is 11.8 Å². The topological polar surface area (TPSA) is 106 Å². The predicted molar refractivity (Wildman–Crippen MR) is 129 cm³/mol. The number of amides is 2. The van der Waals surface area contributed by atoms with Crippen LogP contribution in [0.1, 0.15) is 24.9 Å². The number of nitrogens with zero attached hydrogens (tertiary/aromatic N) is 1. The zero-order valence-electron chi connectivity index (χ0n) is 16.6. The van der Waals surface area contributed by atoms with Gasteiger partial charge in [-0.2, -0.15) is 5.26 Å². The Bertz CT molecular complexity index is 1260. The number of rotatable bonds is 7. The summed E-state index contributed by atoms with van der Waals surface area (Å²) in [5.74, 6) is -0.463. The van der Waals surface area contributed by atoms with E-state index in [4.69, 9.17) is 5.26 Å². The second-order valence-electron chi connectivity index (χ2n) is 6.56. The number of hydrogen-bond donors (Lipinski definition) is 4. The van der Waals surface area contributed by atoms with Gasteiger partial charge in [-0.05, 0) is 65.4 Å². The van der Waals surface area contributed by atoms with Crippen LogP contribution in [-0.4, -0.2) is 11.8 Å². The number of hydrogen-bond acceptors (Lipinski definition) is 7. The van der Waals surface area contributed by atoms with Gasteiger partial charge in [0.1, 0.15) is 0 Å². The number of carbonyl (C=O) groups is 2. The van der Waals surface area contributed by atoms with Crippen LogP contribution in [0.4, 0.5) is 22.7 Å². The summed E-state index contributed by atoms with van der Waals surface area (Å²) in [6, 6.07) is 21.3. The lowest BCUT2D eigenvalue weighted by molar-refractivity contribution is 0.102. The zero-order valence-corrected chi connectivity index (χ0v) is 18.2. The summed E-state index contributed by atoms with van der Waals surface area (Å²) in [5, 5.41) is 18.3. The Morgan fingerprint density at radius 2 is 1.34 bits per heavy atom. The lowest BCUT2D eigenvalue weighted by Crippen LogP contribution is -2.16. The summed E-state index contributed by atoms with van der Waals surface area (Å²) in [4.78, 5) is 26.2. The monoisotopic (exact) mass is 459 g/mol.